The molecule has 0 spiro atoms. The second-order valence-electron chi connectivity index (χ2n) is 8.09. The first-order valence-electron chi connectivity index (χ1n) is 10.9. The lowest BCUT2D eigenvalue weighted by atomic mass is 9.83. The molecule has 0 bridgehead atoms. The molecule has 1 aromatic carbocycles. The molecule has 1 heterocycles. The highest BCUT2D eigenvalue weighted by Crippen LogP contribution is 2.27. The van der Waals surface area contributed by atoms with Crippen molar-refractivity contribution >= 4 is 30.3 Å². The zero-order chi connectivity index (χ0) is 23.5. The monoisotopic (exact) mass is 471 g/mol. The van der Waals surface area contributed by atoms with Crippen LogP contribution < -0.4 is 5.56 Å². The topological polar surface area (TPSA) is 38.1 Å². The zero-order valence-corrected chi connectivity index (χ0v) is 21.1. The molecule has 0 N–H and O–H groups in total. The van der Waals surface area contributed by atoms with Gasteiger partial charge in [-0.05, 0) is 82.5 Å². The van der Waals surface area contributed by atoms with Gasteiger partial charge >= 0.3 is 0 Å². The van der Waals surface area contributed by atoms with Crippen molar-refractivity contribution in [1.29, 1.82) is 0 Å². The molecule has 0 aliphatic heterocycles. The number of alkyl halides is 1. The Morgan fingerprint density at radius 3 is 2.62 bits per heavy atom. The molecule has 3 rings (SSSR count). The highest BCUT2D eigenvalue weighted by molar-refractivity contribution is 7.80. The smallest absolute Gasteiger partial charge is 0.271 e. The van der Waals surface area contributed by atoms with E-state index in [1.165, 1.54) is 17.5 Å². The summed E-state index contributed by atoms with van der Waals surface area (Å²) < 4.78 is 1.58. The number of aromatic nitrogens is 2. The van der Waals surface area contributed by atoms with Gasteiger partial charge in [0.15, 0.2) is 0 Å². The molecule has 1 aliphatic carbocycles. The van der Waals surface area contributed by atoms with E-state index in [0.29, 0.717) is 22.4 Å². The van der Waals surface area contributed by atoms with Gasteiger partial charge in [0.05, 0.1) is 16.3 Å². The molecular weight excluding hydrogens is 438 g/mol. The quantitative estimate of drug-likeness (QED) is 0.259. The molecule has 1 aliphatic rings. The first-order chi connectivity index (χ1) is 15.4. The van der Waals surface area contributed by atoms with Crippen LogP contribution in [0.15, 0.2) is 64.6 Å². The summed E-state index contributed by atoms with van der Waals surface area (Å²) in [6.07, 6.45) is 16.2. The van der Waals surface area contributed by atoms with Gasteiger partial charge in [-0.1, -0.05) is 36.4 Å². The first-order valence-corrected chi connectivity index (χ1v) is 11.9. The molecule has 32 heavy (non-hydrogen) atoms. The highest BCUT2D eigenvalue weighted by Gasteiger charge is 2.20. The normalized spacial score (nSPS) is 16.0. The van der Waals surface area contributed by atoms with E-state index in [9.17, 15) is 4.79 Å². The molecule has 1 atom stereocenters. The number of allylic oxidation sites excluding steroid dienone is 5. The molecule has 4 nitrogen and oxygen atoms in total. The van der Waals surface area contributed by atoms with E-state index in [0.717, 1.165) is 25.1 Å². The van der Waals surface area contributed by atoms with Crippen LogP contribution in [-0.4, -0.2) is 41.0 Å². The minimum Gasteiger partial charge on any atom is -0.309 e. The molecule has 0 fully saturated rings. The molecule has 0 saturated heterocycles. The van der Waals surface area contributed by atoms with Crippen molar-refractivity contribution in [3.63, 3.8) is 0 Å². The van der Waals surface area contributed by atoms with Gasteiger partial charge < -0.3 is 4.90 Å². The fourth-order valence-electron chi connectivity index (χ4n) is 3.75. The maximum atomic E-state index is 12.8. The van der Waals surface area contributed by atoms with Crippen molar-refractivity contribution in [2.24, 2.45) is 5.92 Å². The number of aryl methyl sites for hydroxylation is 1. The van der Waals surface area contributed by atoms with Gasteiger partial charge in [0, 0.05) is 12.4 Å². The summed E-state index contributed by atoms with van der Waals surface area (Å²) in [6.45, 7) is 5.01. The standard InChI is InChI=1S/C22H27N3OS.C4H7Cl/c1-4-5-6-7-20-21(27)22(26)25(15-23-20)19-11-10-17-12-16(14-24(2)3)8-9-18(17)13-19;1-2-3-4-5/h4-7,10-11,13,15-16,27H,8-9,12,14H2,1-3H3;2-3H,4H2,1H3/b5-4+,7-6+;3-2-. The summed E-state index contributed by atoms with van der Waals surface area (Å²) in [5, 5.41) is 0. The van der Waals surface area contributed by atoms with Crippen molar-refractivity contribution in [2.75, 3.05) is 26.5 Å². The summed E-state index contributed by atoms with van der Waals surface area (Å²) in [4.78, 5) is 19.8. The third-order valence-corrected chi connectivity index (χ3v) is 5.88. The molecule has 0 amide bonds. The maximum absolute atomic E-state index is 12.8. The van der Waals surface area contributed by atoms with Crippen LogP contribution in [0.3, 0.4) is 0 Å². The van der Waals surface area contributed by atoms with Crippen LogP contribution >= 0.6 is 24.2 Å². The van der Waals surface area contributed by atoms with E-state index >= 15 is 0 Å². The van der Waals surface area contributed by atoms with E-state index in [2.05, 4.69) is 48.7 Å². The third-order valence-electron chi connectivity index (χ3n) is 5.28. The van der Waals surface area contributed by atoms with Crippen LogP contribution in [-0.2, 0) is 12.8 Å². The number of halogens is 1. The van der Waals surface area contributed by atoms with E-state index in [4.69, 9.17) is 11.6 Å². The van der Waals surface area contributed by atoms with Gasteiger partial charge in [0.25, 0.3) is 5.56 Å². The van der Waals surface area contributed by atoms with Crippen molar-refractivity contribution < 1.29 is 0 Å². The number of thiol groups is 1. The van der Waals surface area contributed by atoms with Gasteiger partial charge in [-0.3, -0.25) is 9.36 Å². The van der Waals surface area contributed by atoms with Crippen molar-refractivity contribution in [3.8, 4) is 5.69 Å². The van der Waals surface area contributed by atoms with Gasteiger partial charge in [-0.2, -0.15) is 0 Å². The van der Waals surface area contributed by atoms with Crippen LogP contribution in [0.25, 0.3) is 11.8 Å². The SMILES string of the molecule is C/C=C/C=C/c1ncn(-c2ccc3c(c2)CCC(CN(C)C)C3)c(=O)c1S.C/C=C\CCl. The number of rotatable bonds is 6. The number of benzene rings is 1. The predicted octanol–water partition coefficient (Wildman–Crippen LogP) is 5.58. The molecule has 1 unspecified atom stereocenters. The average molecular weight is 472 g/mol. The number of hydrogen-bond donors (Lipinski definition) is 1. The lowest BCUT2D eigenvalue weighted by molar-refractivity contribution is 0.302. The first kappa shape index (κ1) is 26.2. The Labute approximate surface area is 202 Å². The Balaban J connectivity index is 0.000000654. The van der Waals surface area contributed by atoms with Crippen LogP contribution in [0.1, 0.15) is 37.1 Å². The Morgan fingerprint density at radius 2 is 2.00 bits per heavy atom. The maximum Gasteiger partial charge on any atom is 0.271 e. The third kappa shape index (κ3) is 7.51. The average Bonchev–Trinajstić information content (AvgIpc) is 2.77. The molecule has 1 aromatic heterocycles. The van der Waals surface area contributed by atoms with Crippen LogP contribution in [0.2, 0.25) is 0 Å². The van der Waals surface area contributed by atoms with Crippen LogP contribution in [0.5, 0.6) is 0 Å². The Morgan fingerprint density at radius 1 is 1.22 bits per heavy atom. The van der Waals surface area contributed by atoms with Gasteiger partial charge in [0.2, 0.25) is 0 Å². The summed E-state index contributed by atoms with van der Waals surface area (Å²) in [6, 6.07) is 6.31. The zero-order valence-electron chi connectivity index (χ0n) is 19.5. The number of hydrogen-bond acceptors (Lipinski definition) is 4. The minimum atomic E-state index is -0.144. The van der Waals surface area contributed by atoms with E-state index in [1.54, 1.807) is 17.0 Å². The summed E-state index contributed by atoms with van der Waals surface area (Å²) in [5.74, 6) is 1.34. The predicted molar refractivity (Wildman–Crippen MR) is 141 cm³/mol. The van der Waals surface area contributed by atoms with Gasteiger partial charge in [-0.25, -0.2) is 4.98 Å². The van der Waals surface area contributed by atoms with Crippen LogP contribution in [0, 0.1) is 5.92 Å². The molecule has 6 heteroatoms. The summed E-state index contributed by atoms with van der Waals surface area (Å²) in [7, 11) is 4.26. The Hall–Kier alpha value is -2.08. The largest absolute Gasteiger partial charge is 0.309 e. The van der Waals surface area contributed by atoms with Gasteiger partial charge in [0.1, 0.15) is 6.33 Å². The van der Waals surface area contributed by atoms with Crippen molar-refractivity contribution in [2.45, 2.75) is 38.0 Å². The lowest BCUT2D eigenvalue weighted by Gasteiger charge is -2.27. The van der Waals surface area contributed by atoms with E-state index in [-0.39, 0.29) is 5.56 Å². The number of nitrogens with zero attached hydrogens (tertiary/aromatic N) is 3. The van der Waals surface area contributed by atoms with Crippen molar-refractivity contribution in [3.05, 3.63) is 82.1 Å². The molecule has 0 saturated carbocycles. The summed E-state index contributed by atoms with van der Waals surface area (Å²) >= 11 is 9.61. The molecular formula is C26H34ClN3OS. The second kappa shape index (κ2) is 13.5. The number of fused-ring (bicyclic) bond motifs is 1. The molecule has 0 radical (unpaired) electrons. The Kier molecular flexibility index (Phi) is 11.0. The summed E-state index contributed by atoms with van der Waals surface area (Å²) in [5.41, 5.74) is 4.04. The minimum absolute atomic E-state index is 0.144. The fourth-order valence-corrected chi connectivity index (χ4v) is 4.17. The van der Waals surface area contributed by atoms with Crippen molar-refractivity contribution in [1.82, 2.24) is 14.5 Å². The molecule has 172 valence electrons. The lowest BCUT2D eigenvalue weighted by Crippen LogP contribution is -2.27. The van der Waals surface area contributed by atoms with Gasteiger partial charge in [-0.15, -0.1) is 24.2 Å². The van der Waals surface area contributed by atoms with E-state index in [1.807, 2.05) is 50.3 Å². The second-order valence-corrected chi connectivity index (χ2v) is 8.84. The van der Waals surface area contributed by atoms with Crippen LogP contribution in [0.4, 0.5) is 0 Å². The van der Waals surface area contributed by atoms with E-state index < -0.39 is 0 Å². The molecule has 2 aromatic rings. The Bertz CT molecular complexity index is 1020. The fraction of sp³-hybridized carbons (Fsp3) is 0.385. The highest BCUT2D eigenvalue weighted by atomic mass is 35.5.